The van der Waals surface area contributed by atoms with Crippen LogP contribution in [-0.2, 0) is 4.74 Å². The van der Waals surface area contributed by atoms with E-state index in [1.54, 1.807) is 29.2 Å². The number of amides is 1. The molecule has 0 bridgehead atoms. The maximum absolute atomic E-state index is 12.2. The zero-order chi connectivity index (χ0) is 13.7. The normalized spacial score (nSPS) is 16.3. The lowest BCUT2D eigenvalue weighted by Gasteiger charge is -2.25. The molecular weight excluding hydrogens is 262 g/mol. The molecule has 1 amide bonds. The highest BCUT2D eigenvalue weighted by molar-refractivity contribution is 6.30. The first-order valence-corrected chi connectivity index (χ1v) is 7.13. The molecule has 1 aromatic carbocycles. The number of hydrogen-bond donors (Lipinski definition) is 0. The largest absolute Gasteiger partial charge is 0.381 e. The van der Waals surface area contributed by atoms with Crippen molar-refractivity contribution < 1.29 is 9.53 Å². The summed E-state index contributed by atoms with van der Waals surface area (Å²) >= 11 is 5.82. The van der Waals surface area contributed by atoms with Gasteiger partial charge in [0.15, 0.2) is 0 Å². The van der Waals surface area contributed by atoms with E-state index < -0.39 is 0 Å². The third-order valence-electron chi connectivity index (χ3n) is 3.65. The molecule has 0 unspecified atom stereocenters. The van der Waals surface area contributed by atoms with E-state index in [4.69, 9.17) is 16.3 Å². The molecule has 0 spiro atoms. The number of carbonyl (C=O) groups excluding carboxylic acids is 1. The number of hydrogen-bond acceptors (Lipinski definition) is 2. The number of ether oxygens (including phenoxy) is 1. The van der Waals surface area contributed by atoms with Gasteiger partial charge in [-0.2, -0.15) is 0 Å². The monoisotopic (exact) mass is 281 g/mol. The molecule has 3 nitrogen and oxygen atoms in total. The first-order chi connectivity index (χ1) is 9.16. The molecule has 1 fully saturated rings. The Morgan fingerprint density at radius 2 is 1.95 bits per heavy atom. The van der Waals surface area contributed by atoms with Crippen LogP contribution < -0.4 is 0 Å². The average Bonchev–Trinajstić information content (AvgIpc) is 2.46. The second kappa shape index (κ2) is 6.92. The van der Waals surface area contributed by atoms with E-state index in [9.17, 15) is 4.79 Å². The summed E-state index contributed by atoms with van der Waals surface area (Å²) in [6.45, 7) is 2.52. The van der Waals surface area contributed by atoms with Crippen molar-refractivity contribution in [3.63, 3.8) is 0 Å². The SMILES string of the molecule is CN(CCC1CCOCC1)C(=O)c1ccc(Cl)cc1. The Morgan fingerprint density at radius 3 is 2.58 bits per heavy atom. The van der Waals surface area contributed by atoms with Gasteiger partial charge in [0.2, 0.25) is 0 Å². The van der Waals surface area contributed by atoms with E-state index >= 15 is 0 Å². The van der Waals surface area contributed by atoms with E-state index in [1.165, 1.54) is 0 Å². The second-order valence-electron chi connectivity index (χ2n) is 5.08. The van der Waals surface area contributed by atoms with Crippen molar-refractivity contribution >= 4 is 17.5 Å². The van der Waals surface area contributed by atoms with Gasteiger partial charge in [-0.05, 0) is 49.4 Å². The van der Waals surface area contributed by atoms with Crippen LogP contribution in [0.2, 0.25) is 5.02 Å². The molecule has 1 aliphatic rings. The van der Waals surface area contributed by atoms with Crippen molar-refractivity contribution in [2.45, 2.75) is 19.3 Å². The van der Waals surface area contributed by atoms with Crippen molar-refractivity contribution in [1.82, 2.24) is 4.90 Å². The Hall–Kier alpha value is -1.06. The highest BCUT2D eigenvalue weighted by Crippen LogP contribution is 2.19. The van der Waals surface area contributed by atoms with Crippen molar-refractivity contribution in [3.8, 4) is 0 Å². The lowest BCUT2D eigenvalue weighted by molar-refractivity contribution is 0.0583. The van der Waals surface area contributed by atoms with E-state index in [0.29, 0.717) is 16.5 Å². The zero-order valence-corrected chi connectivity index (χ0v) is 12.0. The Morgan fingerprint density at radius 1 is 1.32 bits per heavy atom. The van der Waals surface area contributed by atoms with Crippen LogP contribution >= 0.6 is 11.6 Å². The molecule has 104 valence electrons. The zero-order valence-electron chi connectivity index (χ0n) is 11.3. The Kier molecular flexibility index (Phi) is 5.23. The van der Waals surface area contributed by atoms with Crippen LogP contribution in [0.4, 0.5) is 0 Å². The van der Waals surface area contributed by atoms with Crippen molar-refractivity contribution in [3.05, 3.63) is 34.9 Å². The fourth-order valence-electron chi connectivity index (χ4n) is 2.33. The highest BCUT2D eigenvalue weighted by atomic mass is 35.5. The molecule has 0 radical (unpaired) electrons. The van der Waals surface area contributed by atoms with Gasteiger partial charge >= 0.3 is 0 Å². The maximum atomic E-state index is 12.2. The fraction of sp³-hybridized carbons (Fsp3) is 0.533. The predicted molar refractivity (Wildman–Crippen MR) is 76.6 cm³/mol. The van der Waals surface area contributed by atoms with Crippen LogP contribution in [0.1, 0.15) is 29.6 Å². The van der Waals surface area contributed by atoms with Gasteiger partial charge in [0.05, 0.1) is 0 Å². The third-order valence-corrected chi connectivity index (χ3v) is 3.90. The van der Waals surface area contributed by atoms with E-state index in [1.807, 2.05) is 7.05 Å². The Labute approximate surface area is 119 Å². The molecule has 0 aliphatic carbocycles. The van der Waals surface area contributed by atoms with Crippen molar-refractivity contribution in [1.29, 1.82) is 0 Å². The van der Waals surface area contributed by atoms with Crippen LogP contribution in [0.5, 0.6) is 0 Å². The Balaban J connectivity index is 1.83. The van der Waals surface area contributed by atoms with Crippen LogP contribution in [-0.4, -0.2) is 37.6 Å². The van der Waals surface area contributed by atoms with Crippen LogP contribution in [0.15, 0.2) is 24.3 Å². The van der Waals surface area contributed by atoms with Crippen molar-refractivity contribution in [2.75, 3.05) is 26.8 Å². The van der Waals surface area contributed by atoms with Gasteiger partial charge in [-0.1, -0.05) is 11.6 Å². The lowest BCUT2D eigenvalue weighted by atomic mass is 9.96. The number of nitrogens with zero attached hydrogens (tertiary/aromatic N) is 1. The molecule has 19 heavy (non-hydrogen) atoms. The Bertz CT molecular complexity index is 413. The number of rotatable bonds is 4. The molecule has 1 aliphatic heterocycles. The van der Waals surface area contributed by atoms with Gasteiger partial charge in [-0.3, -0.25) is 4.79 Å². The van der Waals surface area contributed by atoms with Gasteiger partial charge in [-0.15, -0.1) is 0 Å². The predicted octanol–water partition coefficient (Wildman–Crippen LogP) is 3.23. The molecule has 0 aromatic heterocycles. The molecule has 1 aromatic rings. The summed E-state index contributed by atoms with van der Waals surface area (Å²) in [5, 5.41) is 0.654. The molecule has 2 rings (SSSR count). The summed E-state index contributed by atoms with van der Waals surface area (Å²) in [6.07, 6.45) is 3.28. The quantitative estimate of drug-likeness (QED) is 0.848. The maximum Gasteiger partial charge on any atom is 0.253 e. The first-order valence-electron chi connectivity index (χ1n) is 6.75. The minimum Gasteiger partial charge on any atom is -0.381 e. The molecule has 0 saturated carbocycles. The summed E-state index contributed by atoms with van der Waals surface area (Å²) < 4.78 is 5.34. The molecule has 4 heteroatoms. The van der Waals surface area contributed by atoms with E-state index in [-0.39, 0.29) is 5.91 Å². The highest BCUT2D eigenvalue weighted by Gasteiger charge is 2.16. The number of carbonyl (C=O) groups is 1. The summed E-state index contributed by atoms with van der Waals surface area (Å²) in [6, 6.07) is 7.05. The van der Waals surface area contributed by atoms with Gasteiger partial charge in [-0.25, -0.2) is 0 Å². The molecule has 0 N–H and O–H groups in total. The van der Waals surface area contributed by atoms with Crippen LogP contribution in [0, 0.1) is 5.92 Å². The van der Waals surface area contributed by atoms with Gasteiger partial charge in [0.1, 0.15) is 0 Å². The summed E-state index contributed by atoms with van der Waals surface area (Å²) in [5.74, 6) is 0.748. The smallest absolute Gasteiger partial charge is 0.253 e. The molecule has 1 heterocycles. The van der Waals surface area contributed by atoms with Crippen molar-refractivity contribution in [2.24, 2.45) is 5.92 Å². The first kappa shape index (κ1) is 14.4. The molecule has 1 saturated heterocycles. The minimum absolute atomic E-state index is 0.0590. The third kappa shape index (κ3) is 4.22. The molecule has 0 atom stereocenters. The standard InChI is InChI=1S/C15H20ClNO2/c1-17(9-6-12-7-10-19-11-8-12)15(18)13-2-4-14(16)5-3-13/h2-5,12H,6-11H2,1H3. The van der Waals surface area contributed by atoms with E-state index in [2.05, 4.69) is 0 Å². The van der Waals surface area contributed by atoms with Crippen LogP contribution in [0.3, 0.4) is 0 Å². The topological polar surface area (TPSA) is 29.5 Å². The number of benzene rings is 1. The van der Waals surface area contributed by atoms with Gasteiger partial charge < -0.3 is 9.64 Å². The molecular formula is C15H20ClNO2. The second-order valence-corrected chi connectivity index (χ2v) is 5.51. The van der Waals surface area contributed by atoms with E-state index in [0.717, 1.165) is 39.0 Å². The summed E-state index contributed by atoms with van der Waals surface area (Å²) in [4.78, 5) is 14.0. The lowest BCUT2D eigenvalue weighted by Crippen LogP contribution is -2.30. The van der Waals surface area contributed by atoms with Gasteiger partial charge in [0, 0.05) is 37.4 Å². The number of halogens is 1. The van der Waals surface area contributed by atoms with Crippen LogP contribution in [0.25, 0.3) is 0 Å². The minimum atomic E-state index is 0.0590. The summed E-state index contributed by atoms with van der Waals surface area (Å²) in [7, 11) is 1.86. The summed E-state index contributed by atoms with van der Waals surface area (Å²) in [5.41, 5.74) is 0.693. The average molecular weight is 282 g/mol. The van der Waals surface area contributed by atoms with Gasteiger partial charge in [0.25, 0.3) is 5.91 Å². The fourth-order valence-corrected chi connectivity index (χ4v) is 2.45.